The van der Waals surface area contributed by atoms with Crippen molar-refractivity contribution in [1.82, 2.24) is 4.90 Å². The monoisotopic (exact) mass is 320 g/mol. The highest BCUT2D eigenvalue weighted by Gasteiger charge is 2.49. The Balaban J connectivity index is 1.63. The molecule has 0 radical (unpaired) electrons. The average molecular weight is 321 g/mol. The van der Waals surface area contributed by atoms with Gasteiger partial charge in [0, 0.05) is 13.1 Å². The van der Waals surface area contributed by atoms with Gasteiger partial charge in [-0.15, -0.1) is 0 Å². The number of nitrogens with zero attached hydrogens (tertiary/aromatic N) is 1. The van der Waals surface area contributed by atoms with Gasteiger partial charge in [-0.25, -0.2) is 0 Å². The molecule has 1 saturated carbocycles. The number of carbonyl (C=O) groups excluding carboxylic acids is 2. The summed E-state index contributed by atoms with van der Waals surface area (Å²) < 4.78 is 0. The third-order valence-corrected chi connectivity index (χ3v) is 4.84. The Morgan fingerprint density at radius 3 is 2.50 bits per heavy atom. The van der Waals surface area contributed by atoms with Crippen molar-refractivity contribution in [2.24, 2.45) is 11.8 Å². The van der Waals surface area contributed by atoms with E-state index in [4.69, 9.17) is 11.6 Å². The van der Waals surface area contributed by atoms with E-state index in [-0.39, 0.29) is 23.7 Å². The molecule has 4 nitrogen and oxygen atoms in total. The van der Waals surface area contributed by atoms with Crippen LogP contribution in [0.2, 0.25) is 5.02 Å². The molecule has 0 bridgehead atoms. The molecule has 1 saturated heterocycles. The highest BCUT2D eigenvalue weighted by Crippen LogP contribution is 2.42. The van der Waals surface area contributed by atoms with Crippen LogP contribution in [-0.4, -0.2) is 29.8 Å². The van der Waals surface area contributed by atoms with Crippen LogP contribution in [0.3, 0.4) is 0 Å². The van der Waals surface area contributed by atoms with Gasteiger partial charge in [0.25, 0.3) is 0 Å². The number of benzene rings is 1. The van der Waals surface area contributed by atoms with Gasteiger partial charge >= 0.3 is 0 Å². The minimum atomic E-state index is -0.204. The Kier molecular flexibility index (Phi) is 4.13. The standard InChI is InChI=1S/C17H21ClN2O2/c1-10-7-11(2)15(14(18)8-10)19-16(21)12-9-13(12)17(22)20-5-3-4-6-20/h7-8,12-13H,3-6,9H2,1-2H3,(H,19,21). The SMILES string of the molecule is Cc1cc(C)c(NC(=O)C2CC2C(=O)N2CCCC2)c(Cl)c1. The summed E-state index contributed by atoms with van der Waals surface area (Å²) in [6.45, 7) is 5.57. The zero-order valence-corrected chi connectivity index (χ0v) is 13.7. The Bertz CT molecular complexity index is 600. The lowest BCUT2D eigenvalue weighted by Gasteiger charge is -2.15. The highest BCUT2D eigenvalue weighted by atomic mass is 35.5. The summed E-state index contributed by atoms with van der Waals surface area (Å²) >= 11 is 6.22. The van der Waals surface area contributed by atoms with Crippen molar-refractivity contribution in [3.05, 3.63) is 28.3 Å². The molecule has 2 unspecified atom stereocenters. The van der Waals surface area contributed by atoms with Gasteiger partial charge < -0.3 is 10.2 Å². The van der Waals surface area contributed by atoms with Gasteiger partial charge in [0.05, 0.1) is 22.5 Å². The lowest BCUT2D eigenvalue weighted by atomic mass is 10.1. The van der Waals surface area contributed by atoms with Crippen LogP contribution in [0.4, 0.5) is 5.69 Å². The molecule has 5 heteroatoms. The summed E-state index contributed by atoms with van der Waals surface area (Å²) in [6.07, 6.45) is 2.81. The molecule has 1 N–H and O–H groups in total. The summed E-state index contributed by atoms with van der Waals surface area (Å²) in [7, 11) is 0. The fourth-order valence-corrected chi connectivity index (χ4v) is 3.59. The van der Waals surface area contributed by atoms with Crippen molar-refractivity contribution in [3.63, 3.8) is 0 Å². The highest BCUT2D eigenvalue weighted by molar-refractivity contribution is 6.34. The number of halogens is 1. The number of nitrogens with one attached hydrogen (secondary N) is 1. The van der Waals surface area contributed by atoms with Gasteiger partial charge in [-0.1, -0.05) is 17.7 Å². The molecule has 1 aromatic rings. The van der Waals surface area contributed by atoms with Gasteiger partial charge in [0.15, 0.2) is 0 Å². The Hall–Kier alpha value is -1.55. The van der Waals surface area contributed by atoms with Crippen molar-refractivity contribution in [2.75, 3.05) is 18.4 Å². The van der Waals surface area contributed by atoms with Crippen LogP contribution in [0.1, 0.15) is 30.4 Å². The molecule has 1 aliphatic carbocycles. The second kappa shape index (κ2) is 5.92. The topological polar surface area (TPSA) is 49.4 Å². The molecular formula is C17H21ClN2O2. The Labute approximate surface area is 135 Å². The van der Waals surface area contributed by atoms with Crippen LogP contribution in [0.5, 0.6) is 0 Å². The van der Waals surface area contributed by atoms with E-state index in [9.17, 15) is 9.59 Å². The average Bonchev–Trinajstić information content (AvgIpc) is 3.07. The Morgan fingerprint density at radius 1 is 1.18 bits per heavy atom. The summed E-state index contributed by atoms with van der Waals surface area (Å²) in [5.74, 6) is -0.289. The summed E-state index contributed by atoms with van der Waals surface area (Å²) in [6, 6.07) is 3.82. The third kappa shape index (κ3) is 2.98. The molecule has 2 fully saturated rings. The van der Waals surface area contributed by atoms with Crippen molar-refractivity contribution >= 4 is 29.1 Å². The van der Waals surface area contributed by atoms with Gasteiger partial charge in [0.1, 0.15) is 0 Å². The molecule has 2 amide bonds. The third-order valence-electron chi connectivity index (χ3n) is 4.54. The lowest BCUT2D eigenvalue weighted by Crippen LogP contribution is -2.30. The molecular weight excluding hydrogens is 300 g/mol. The molecule has 1 heterocycles. The van der Waals surface area contributed by atoms with E-state index < -0.39 is 0 Å². The quantitative estimate of drug-likeness (QED) is 0.930. The minimum absolute atomic E-state index is 0.0913. The predicted molar refractivity (Wildman–Crippen MR) is 87.0 cm³/mol. The van der Waals surface area contributed by atoms with Crippen LogP contribution < -0.4 is 5.32 Å². The maximum absolute atomic E-state index is 12.4. The van der Waals surface area contributed by atoms with E-state index >= 15 is 0 Å². The number of hydrogen-bond donors (Lipinski definition) is 1. The lowest BCUT2D eigenvalue weighted by molar-refractivity contribution is -0.133. The minimum Gasteiger partial charge on any atom is -0.342 e. The molecule has 2 aliphatic rings. The van der Waals surface area contributed by atoms with Crippen LogP contribution in [-0.2, 0) is 9.59 Å². The number of rotatable bonds is 3. The van der Waals surface area contributed by atoms with Crippen molar-refractivity contribution in [1.29, 1.82) is 0 Å². The molecule has 3 rings (SSSR count). The van der Waals surface area contributed by atoms with Crippen LogP contribution in [0.25, 0.3) is 0 Å². The summed E-state index contributed by atoms with van der Waals surface area (Å²) in [4.78, 5) is 26.5. The number of likely N-dealkylation sites (tertiary alicyclic amines) is 1. The first-order valence-corrected chi connectivity index (χ1v) is 8.21. The van der Waals surface area contributed by atoms with Gasteiger partial charge in [-0.3, -0.25) is 9.59 Å². The van der Waals surface area contributed by atoms with Crippen LogP contribution in [0, 0.1) is 25.7 Å². The normalized spacial score (nSPS) is 23.5. The first kappa shape index (κ1) is 15.3. The van der Waals surface area contributed by atoms with Crippen molar-refractivity contribution < 1.29 is 9.59 Å². The fraction of sp³-hybridized carbons (Fsp3) is 0.529. The second-order valence-electron chi connectivity index (χ2n) is 6.41. The second-order valence-corrected chi connectivity index (χ2v) is 6.82. The van der Waals surface area contributed by atoms with E-state index in [1.165, 1.54) is 0 Å². The maximum atomic E-state index is 12.4. The van der Waals surface area contributed by atoms with E-state index in [0.717, 1.165) is 37.1 Å². The number of hydrogen-bond acceptors (Lipinski definition) is 2. The zero-order chi connectivity index (χ0) is 15.9. The zero-order valence-electron chi connectivity index (χ0n) is 13.0. The van der Waals surface area contributed by atoms with Crippen LogP contribution >= 0.6 is 11.6 Å². The molecule has 1 aliphatic heterocycles. The summed E-state index contributed by atoms with van der Waals surface area (Å²) in [5.41, 5.74) is 2.67. The van der Waals surface area contributed by atoms with Gasteiger partial charge in [-0.2, -0.15) is 0 Å². The van der Waals surface area contributed by atoms with Crippen LogP contribution in [0.15, 0.2) is 12.1 Å². The van der Waals surface area contributed by atoms with Gasteiger partial charge in [-0.05, 0) is 50.3 Å². The number of aryl methyl sites for hydroxylation is 2. The van der Waals surface area contributed by atoms with Crippen molar-refractivity contribution in [3.8, 4) is 0 Å². The smallest absolute Gasteiger partial charge is 0.228 e. The first-order valence-electron chi connectivity index (χ1n) is 7.84. The van der Waals surface area contributed by atoms with E-state index in [2.05, 4.69) is 5.32 Å². The molecule has 2 atom stereocenters. The molecule has 118 valence electrons. The Morgan fingerprint density at radius 2 is 1.86 bits per heavy atom. The van der Waals surface area contributed by atoms with Gasteiger partial charge in [0.2, 0.25) is 11.8 Å². The predicted octanol–water partition coefficient (Wildman–Crippen LogP) is 3.15. The number of carbonyl (C=O) groups is 2. The first-order chi connectivity index (χ1) is 10.5. The van der Waals surface area contributed by atoms with E-state index in [1.807, 2.05) is 30.9 Å². The van der Waals surface area contributed by atoms with Crippen molar-refractivity contribution in [2.45, 2.75) is 33.1 Å². The number of amides is 2. The maximum Gasteiger partial charge on any atom is 0.228 e. The molecule has 1 aromatic carbocycles. The van der Waals surface area contributed by atoms with E-state index in [0.29, 0.717) is 17.1 Å². The molecule has 0 aromatic heterocycles. The molecule has 22 heavy (non-hydrogen) atoms. The largest absolute Gasteiger partial charge is 0.342 e. The van der Waals surface area contributed by atoms with E-state index in [1.54, 1.807) is 0 Å². The molecule has 0 spiro atoms. The number of anilines is 1. The fourth-order valence-electron chi connectivity index (χ4n) is 3.22. The summed E-state index contributed by atoms with van der Waals surface area (Å²) in [5, 5.41) is 3.45.